The Labute approximate surface area is 111 Å². The minimum Gasteiger partial charge on any atom is -0.277 e. The van der Waals surface area contributed by atoms with Crippen LogP contribution in [0.5, 0.6) is 0 Å². The van der Waals surface area contributed by atoms with Crippen LogP contribution in [0.3, 0.4) is 0 Å². The molecule has 2 rings (SSSR count). The second kappa shape index (κ2) is 5.22. The van der Waals surface area contributed by atoms with Crippen LogP contribution in [0.1, 0.15) is 25.3 Å². The van der Waals surface area contributed by atoms with Crippen molar-refractivity contribution in [3.8, 4) is 0 Å². The summed E-state index contributed by atoms with van der Waals surface area (Å²) in [5, 5.41) is 2.24. The first-order valence-corrected chi connectivity index (χ1v) is 6.30. The van der Waals surface area contributed by atoms with Gasteiger partial charge in [0.15, 0.2) is 0 Å². The third-order valence-corrected chi connectivity index (χ3v) is 3.11. The normalized spacial score (nSPS) is 19.6. The monoisotopic (exact) mass is 260 g/mol. The van der Waals surface area contributed by atoms with Crippen molar-refractivity contribution in [3.05, 3.63) is 29.8 Å². The van der Waals surface area contributed by atoms with Crippen molar-refractivity contribution in [2.75, 3.05) is 4.90 Å². The van der Waals surface area contributed by atoms with Crippen LogP contribution in [0.4, 0.5) is 10.5 Å². The molecule has 0 radical (unpaired) electrons. The molecular formula is C14H16N2O3. The molecule has 1 aromatic carbocycles. The second-order valence-electron chi connectivity index (χ2n) is 4.65. The minimum absolute atomic E-state index is 0.443. The number of carbonyl (C=O) groups is 3. The second-order valence-corrected chi connectivity index (χ2v) is 4.65. The van der Waals surface area contributed by atoms with Crippen LogP contribution in [0.2, 0.25) is 0 Å². The summed E-state index contributed by atoms with van der Waals surface area (Å²) in [6, 6.07) is 6.41. The van der Waals surface area contributed by atoms with Crippen LogP contribution in [-0.2, 0) is 9.59 Å². The fraction of sp³-hybridized carbons (Fsp3) is 0.357. The number of barbiturate groups is 1. The standard InChI is InChI=1S/C14H16N2O3/c1-3-5-11-12(17)15-14(19)16(13(11)18)10-7-4-6-9(2)8-10/h4,6-8,11H,3,5H2,1-2H3,(H,15,17,19). The van der Waals surface area contributed by atoms with E-state index in [1.54, 1.807) is 18.2 Å². The molecule has 0 aliphatic carbocycles. The molecule has 1 aromatic rings. The summed E-state index contributed by atoms with van der Waals surface area (Å²) in [4.78, 5) is 36.9. The number of anilines is 1. The van der Waals surface area contributed by atoms with Gasteiger partial charge in [-0.05, 0) is 31.0 Å². The van der Waals surface area contributed by atoms with Crippen molar-refractivity contribution in [2.24, 2.45) is 5.92 Å². The predicted octanol–water partition coefficient (Wildman–Crippen LogP) is 1.99. The maximum atomic E-state index is 12.3. The summed E-state index contributed by atoms with van der Waals surface area (Å²) in [5.41, 5.74) is 1.44. The van der Waals surface area contributed by atoms with Crippen LogP contribution >= 0.6 is 0 Å². The Hall–Kier alpha value is -2.17. The van der Waals surface area contributed by atoms with Crippen LogP contribution in [0.15, 0.2) is 24.3 Å². The molecule has 1 aliphatic heterocycles. The molecule has 0 aromatic heterocycles. The van der Waals surface area contributed by atoms with Crippen molar-refractivity contribution in [1.29, 1.82) is 0 Å². The van der Waals surface area contributed by atoms with Gasteiger partial charge in [-0.15, -0.1) is 0 Å². The number of carbonyl (C=O) groups excluding carboxylic acids is 3. The summed E-state index contributed by atoms with van der Waals surface area (Å²) in [7, 11) is 0. The molecule has 1 saturated heterocycles. The van der Waals surface area contributed by atoms with Gasteiger partial charge in [0.2, 0.25) is 11.8 Å². The highest BCUT2D eigenvalue weighted by Crippen LogP contribution is 2.23. The lowest BCUT2D eigenvalue weighted by molar-refractivity contribution is -0.134. The number of nitrogens with zero attached hydrogens (tertiary/aromatic N) is 1. The van der Waals surface area contributed by atoms with Crippen LogP contribution in [-0.4, -0.2) is 17.8 Å². The molecule has 0 spiro atoms. The molecule has 1 aliphatic rings. The Bertz CT molecular complexity index is 539. The Morgan fingerprint density at radius 1 is 1.26 bits per heavy atom. The van der Waals surface area contributed by atoms with E-state index in [2.05, 4.69) is 5.32 Å². The van der Waals surface area contributed by atoms with E-state index in [1.807, 2.05) is 19.9 Å². The number of benzene rings is 1. The van der Waals surface area contributed by atoms with Crippen molar-refractivity contribution < 1.29 is 14.4 Å². The van der Waals surface area contributed by atoms with Gasteiger partial charge in [0.05, 0.1) is 5.69 Å². The molecule has 5 nitrogen and oxygen atoms in total. The maximum Gasteiger partial charge on any atom is 0.335 e. The molecule has 5 heteroatoms. The topological polar surface area (TPSA) is 66.5 Å². The lowest BCUT2D eigenvalue weighted by atomic mass is 9.98. The summed E-state index contributed by atoms with van der Waals surface area (Å²) in [6.07, 6.45) is 1.15. The van der Waals surface area contributed by atoms with Crippen molar-refractivity contribution in [1.82, 2.24) is 5.32 Å². The molecule has 1 heterocycles. The highest BCUT2D eigenvalue weighted by molar-refractivity contribution is 6.27. The Morgan fingerprint density at radius 3 is 2.63 bits per heavy atom. The van der Waals surface area contributed by atoms with Gasteiger partial charge in [-0.3, -0.25) is 14.9 Å². The molecule has 4 amide bonds. The van der Waals surface area contributed by atoms with Gasteiger partial charge in [-0.1, -0.05) is 25.5 Å². The maximum absolute atomic E-state index is 12.3. The number of nitrogens with one attached hydrogen (secondary N) is 1. The molecule has 100 valence electrons. The largest absolute Gasteiger partial charge is 0.335 e. The zero-order valence-corrected chi connectivity index (χ0v) is 11.0. The van der Waals surface area contributed by atoms with Crippen molar-refractivity contribution in [2.45, 2.75) is 26.7 Å². The Kier molecular flexibility index (Phi) is 3.64. The molecule has 1 N–H and O–H groups in total. The van der Waals surface area contributed by atoms with E-state index in [-0.39, 0.29) is 0 Å². The quantitative estimate of drug-likeness (QED) is 0.845. The van der Waals surface area contributed by atoms with E-state index in [0.29, 0.717) is 18.5 Å². The summed E-state index contributed by atoms with van der Waals surface area (Å²) in [5.74, 6) is -1.72. The lowest BCUT2D eigenvalue weighted by Crippen LogP contribution is -2.58. The third kappa shape index (κ3) is 2.50. The fourth-order valence-corrected chi connectivity index (χ4v) is 2.17. The zero-order chi connectivity index (χ0) is 14.0. The predicted molar refractivity (Wildman–Crippen MR) is 70.6 cm³/mol. The van der Waals surface area contributed by atoms with Crippen molar-refractivity contribution >= 4 is 23.5 Å². The van der Waals surface area contributed by atoms with Gasteiger partial charge in [0.25, 0.3) is 0 Å². The van der Waals surface area contributed by atoms with Gasteiger partial charge in [-0.25, -0.2) is 9.69 Å². The molecule has 1 atom stereocenters. The van der Waals surface area contributed by atoms with Gasteiger partial charge in [-0.2, -0.15) is 0 Å². The zero-order valence-electron chi connectivity index (χ0n) is 11.0. The number of rotatable bonds is 3. The SMILES string of the molecule is CCCC1C(=O)NC(=O)N(c2cccc(C)c2)C1=O. The number of amides is 4. The van der Waals surface area contributed by atoms with Gasteiger partial charge >= 0.3 is 6.03 Å². The van der Waals surface area contributed by atoms with Gasteiger partial charge in [0.1, 0.15) is 5.92 Å². The van der Waals surface area contributed by atoms with Gasteiger partial charge in [0, 0.05) is 0 Å². The number of hydrogen-bond donors (Lipinski definition) is 1. The molecule has 1 unspecified atom stereocenters. The molecule has 0 saturated carbocycles. The first-order valence-electron chi connectivity index (χ1n) is 6.30. The first kappa shape index (κ1) is 13.3. The van der Waals surface area contributed by atoms with E-state index < -0.39 is 23.8 Å². The van der Waals surface area contributed by atoms with Crippen molar-refractivity contribution in [3.63, 3.8) is 0 Å². The van der Waals surface area contributed by atoms with E-state index >= 15 is 0 Å². The summed E-state index contributed by atoms with van der Waals surface area (Å²) >= 11 is 0. The van der Waals surface area contributed by atoms with Gasteiger partial charge < -0.3 is 0 Å². The number of imide groups is 2. The van der Waals surface area contributed by atoms with E-state index in [0.717, 1.165) is 10.5 Å². The van der Waals surface area contributed by atoms with E-state index in [1.165, 1.54) is 0 Å². The number of urea groups is 1. The van der Waals surface area contributed by atoms with E-state index in [4.69, 9.17) is 0 Å². The van der Waals surface area contributed by atoms with Crippen LogP contribution in [0, 0.1) is 12.8 Å². The highest BCUT2D eigenvalue weighted by atomic mass is 16.2. The minimum atomic E-state index is -0.775. The average molecular weight is 260 g/mol. The average Bonchev–Trinajstić information content (AvgIpc) is 2.34. The molecular weight excluding hydrogens is 244 g/mol. The number of hydrogen-bond acceptors (Lipinski definition) is 3. The summed E-state index contributed by atoms with van der Waals surface area (Å²) < 4.78 is 0. The Morgan fingerprint density at radius 2 is 2.00 bits per heavy atom. The summed E-state index contributed by atoms with van der Waals surface area (Å²) in [6.45, 7) is 3.78. The Balaban J connectivity index is 2.36. The molecule has 1 fully saturated rings. The third-order valence-electron chi connectivity index (χ3n) is 3.11. The smallest absolute Gasteiger partial charge is 0.277 e. The number of aryl methyl sites for hydroxylation is 1. The molecule has 0 bridgehead atoms. The first-order chi connectivity index (χ1) is 9.04. The van der Waals surface area contributed by atoms with E-state index in [9.17, 15) is 14.4 Å². The van der Waals surface area contributed by atoms with Crippen LogP contribution in [0.25, 0.3) is 0 Å². The highest BCUT2D eigenvalue weighted by Gasteiger charge is 2.40. The lowest BCUT2D eigenvalue weighted by Gasteiger charge is -2.30. The fourth-order valence-electron chi connectivity index (χ4n) is 2.17. The molecule has 19 heavy (non-hydrogen) atoms. The van der Waals surface area contributed by atoms with Crippen LogP contribution < -0.4 is 10.2 Å².